The van der Waals surface area contributed by atoms with Gasteiger partial charge in [-0.3, -0.25) is 4.68 Å². The highest BCUT2D eigenvalue weighted by Crippen LogP contribution is 2.19. The summed E-state index contributed by atoms with van der Waals surface area (Å²) in [6, 6.07) is 13.4. The van der Waals surface area contributed by atoms with E-state index in [0.717, 1.165) is 32.6 Å². The van der Waals surface area contributed by atoms with Crippen LogP contribution in [-0.2, 0) is 6.54 Å². The molecular formula is C17H24N4. The van der Waals surface area contributed by atoms with Gasteiger partial charge in [0.2, 0.25) is 0 Å². The van der Waals surface area contributed by atoms with Crippen molar-refractivity contribution in [3.8, 4) is 0 Å². The number of aromatic nitrogens is 2. The first kappa shape index (κ1) is 14.1. The van der Waals surface area contributed by atoms with Gasteiger partial charge in [-0.25, -0.2) is 0 Å². The zero-order chi connectivity index (χ0) is 14.3. The van der Waals surface area contributed by atoms with Crippen LogP contribution in [0.5, 0.6) is 0 Å². The van der Waals surface area contributed by atoms with E-state index < -0.39 is 0 Å². The van der Waals surface area contributed by atoms with Crippen molar-refractivity contribution in [1.82, 2.24) is 15.1 Å². The Kier molecular flexibility index (Phi) is 4.90. The second-order valence-corrected chi connectivity index (χ2v) is 5.67. The molecule has 1 aromatic heterocycles. The minimum Gasteiger partial charge on any atom is -0.371 e. The smallest absolute Gasteiger partial charge is 0.0489 e. The van der Waals surface area contributed by atoms with Crippen LogP contribution >= 0.6 is 0 Å². The lowest BCUT2D eigenvalue weighted by Gasteiger charge is -2.34. The Balaban J connectivity index is 1.34. The van der Waals surface area contributed by atoms with E-state index in [1.807, 2.05) is 23.1 Å². The maximum absolute atomic E-state index is 4.23. The van der Waals surface area contributed by atoms with E-state index in [9.17, 15) is 0 Å². The molecular weight excluding hydrogens is 260 g/mol. The minimum atomic E-state index is 0.669. The number of hydrogen-bond donors (Lipinski definition) is 1. The third kappa shape index (κ3) is 4.08. The van der Waals surface area contributed by atoms with Crippen LogP contribution in [0.25, 0.3) is 0 Å². The fourth-order valence-electron chi connectivity index (χ4n) is 2.96. The van der Waals surface area contributed by atoms with Crippen molar-refractivity contribution in [2.75, 3.05) is 24.5 Å². The van der Waals surface area contributed by atoms with E-state index >= 15 is 0 Å². The molecule has 0 radical (unpaired) electrons. The zero-order valence-electron chi connectivity index (χ0n) is 12.5. The van der Waals surface area contributed by atoms with E-state index in [-0.39, 0.29) is 0 Å². The zero-order valence-corrected chi connectivity index (χ0v) is 12.5. The third-order valence-electron chi connectivity index (χ3n) is 4.17. The number of hydrogen-bond acceptors (Lipinski definition) is 3. The van der Waals surface area contributed by atoms with Crippen LogP contribution in [0.3, 0.4) is 0 Å². The molecule has 2 heterocycles. The molecule has 0 unspecified atom stereocenters. The van der Waals surface area contributed by atoms with Crippen molar-refractivity contribution in [2.45, 2.75) is 31.8 Å². The van der Waals surface area contributed by atoms with Gasteiger partial charge in [-0.15, -0.1) is 0 Å². The lowest BCUT2D eigenvalue weighted by atomic mass is 10.0. The molecule has 1 aromatic carbocycles. The van der Waals surface area contributed by atoms with E-state index in [1.54, 1.807) is 0 Å². The van der Waals surface area contributed by atoms with Gasteiger partial charge in [0.25, 0.3) is 0 Å². The van der Waals surface area contributed by atoms with Crippen molar-refractivity contribution in [2.24, 2.45) is 0 Å². The van der Waals surface area contributed by atoms with Gasteiger partial charge in [0.05, 0.1) is 0 Å². The first-order valence-corrected chi connectivity index (χ1v) is 7.92. The van der Waals surface area contributed by atoms with Gasteiger partial charge >= 0.3 is 0 Å². The van der Waals surface area contributed by atoms with Gasteiger partial charge in [0, 0.05) is 43.8 Å². The highest BCUT2D eigenvalue weighted by Gasteiger charge is 2.18. The molecule has 2 aromatic rings. The number of rotatable bonds is 6. The molecule has 1 saturated heterocycles. The van der Waals surface area contributed by atoms with Crippen LogP contribution < -0.4 is 10.2 Å². The summed E-state index contributed by atoms with van der Waals surface area (Å²) in [5.41, 5.74) is 1.36. The van der Waals surface area contributed by atoms with Crippen LogP contribution in [0.1, 0.15) is 19.3 Å². The van der Waals surface area contributed by atoms with E-state index in [0.29, 0.717) is 6.04 Å². The molecule has 1 aliphatic rings. The van der Waals surface area contributed by atoms with Crippen LogP contribution in [0.4, 0.5) is 5.69 Å². The topological polar surface area (TPSA) is 33.1 Å². The fraction of sp³-hybridized carbons (Fsp3) is 0.471. The monoisotopic (exact) mass is 284 g/mol. The molecule has 0 atom stereocenters. The molecule has 4 nitrogen and oxygen atoms in total. The van der Waals surface area contributed by atoms with Crippen molar-refractivity contribution < 1.29 is 0 Å². The Morgan fingerprint density at radius 3 is 2.62 bits per heavy atom. The molecule has 4 heteroatoms. The summed E-state index contributed by atoms with van der Waals surface area (Å²) < 4.78 is 2.00. The molecule has 1 aliphatic heterocycles. The van der Waals surface area contributed by atoms with Gasteiger partial charge in [-0.1, -0.05) is 18.2 Å². The summed E-state index contributed by atoms with van der Waals surface area (Å²) >= 11 is 0. The summed E-state index contributed by atoms with van der Waals surface area (Å²) in [4.78, 5) is 2.49. The normalized spacial score (nSPS) is 16.3. The van der Waals surface area contributed by atoms with Gasteiger partial charge in [0.15, 0.2) is 0 Å². The number of nitrogens with one attached hydrogen (secondary N) is 1. The molecule has 1 fully saturated rings. The molecule has 112 valence electrons. The number of aryl methyl sites for hydroxylation is 1. The third-order valence-corrected chi connectivity index (χ3v) is 4.17. The maximum Gasteiger partial charge on any atom is 0.0489 e. The lowest BCUT2D eigenvalue weighted by Crippen LogP contribution is -2.42. The number of para-hydroxylation sites is 1. The van der Waals surface area contributed by atoms with Crippen LogP contribution in [0.2, 0.25) is 0 Å². The standard InChI is InChI=1S/C17H24N4/c1-2-6-17(7-3-1)20-14-8-16(9-15-20)18-10-4-12-21-13-5-11-19-21/h1-3,5-7,11,13,16,18H,4,8-10,12,14-15H2. The minimum absolute atomic E-state index is 0.669. The highest BCUT2D eigenvalue weighted by molar-refractivity contribution is 5.46. The van der Waals surface area contributed by atoms with E-state index in [1.165, 1.54) is 18.5 Å². The number of benzene rings is 1. The van der Waals surface area contributed by atoms with E-state index in [2.05, 4.69) is 45.6 Å². The maximum atomic E-state index is 4.23. The van der Waals surface area contributed by atoms with Crippen molar-refractivity contribution >= 4 is 5.69 Å². The van der Waals surface area contributed by atoms with Gasteiger partial charge < -0.3 is 10.2 Å². The summed E-state index contributed by atoms with van der Waals surface area (Å²) in [5.74, 6) is 0. The molecule has 0 saturated carbocycles. The van der Waals surface area contributed by atoms with Crippen LogP contribution in [0.15, 0.2) is 48.8 Å². The molecule has 3 rings (SSSR count). The van der Waals surface area contributed by atoms with Crippen molar-refractivity contribution in [3.05, 3.63) is 48.8 Å². The fourth-order valence-corrected chi connectivity index (χ4v) is 2.96. The molecule has 0 amide bonds. The first-order valence-electron chi connectivity index (χ1n) is 7.92. The molecule has 0 bridgehead atoms. The average molecular weight is 284 g/mol. The Labute approximate surface area is 126 Å². The molecule has 0 spiro atoms. The average Bonchev–Trinajstić information content (AvgIpc) is 3.06. The Hall–Kier alpha value is -1.81. The second-order valence-electron chi connectivity index (χ2n) is 5.67. The second kappa shape index (κ2) is 7.27. The van der Waals surface area contributed by atoms with Crippen LogP contribution in [0, 0.1) is 0 Å². The van der Waals surface area contributed by atoms with Gasteiger partial charge in [-0.05, 0) is 44.0 Å². The Bertz CT molecular complexity index is 501. The quantitative estimate of drug-likeness (QED) is 0.828. The highest BCUT2D eigenvalue weighted by atomic mass is 15.3. The SMILES string of the molecule is c1ccc(N2CCC(NCCCn3cccn3)CC2)cc1. The molecule has 1 N–H and O–H groups in total. The first-order chi connectivity index (χ1) is 10.4. The van der Waals surface area contributed by atoms with Gasteiger partial charge in [0.1, 0.15) is 0 Å². The molecule has 0 aliphatic carbocycles. The largest absolute Gasteiger partial charge is 0.371 e. The number of piperidine rings is 1. The predicted octanol–water partition coefficient (Wildman–Crippen LogP) is 2.53. The Morgan fingerprint density at radius 1 is 1.10 bits per heavy atom. The number of anilines is 1. The predicted molar refractivity (Wildman–Crippen MR) is 86.5 cm³/mol. The van der Waals surface area contributed by atoms with Crippen molar-refractivity contribution in [1.29, 1.82) is 0 Å². The van der Waals surface area contributed by atoms with Crippen LogP contribution in [-0.4, -0.2) is 35.5 Å². The summed E-state index contributed by atoms with van der Waals surface area (Å²) in [7, 11) is 0. The lowest BCUT2D eigenvalue weighted by molar-refractivity contribution is 0.404. The molecule has 21 heavy (non-hydrogen) atoms. The van der Waals surface area contributed by atoms with Crippen molar-refractivity contribution in [3.63, 3.8) is 0 Å². The summed E-state index contributed by atoms with van der Waals surface area (Å²) in [6.45, 7) is 4.39. The summed E-state index contributed by atoms with van der Waals surface area (Å²) in [5, 5.41) is 7.91. The van der Waals surface area contributed by atoms with E-state index in [4.69, 9.17) is 0 Å². The number of nitrogens with zero attached hydrogens (tertiary/aromatic N) is 3. The van der Waals surface area contributed by atoms with Gasteiger partial charge in [-0.2, -0.15) is 5.10 Å². The Morgan fingerprint density at radius 2 is 1.90 bits per heavy atom. The summed E-state index contributed by atoms with van der Waals surface area (Å²) in [6.07, 6.45) is 7.47.